The van der Waals surface area contributed by atoms with Crippen LogP contribution in [0.4, 0.5) is 0 Å². The zero-order valence-corrected chi connectivity index (χ0v) is 14.7. The van der Waals surface area contributed by atoms with Crippen LogP contribution in [0.3, 0.4) is 0 Å². The predicted octanol–water partition coefficient (Wildman–Crippen LogP) is 5.56. The number of hydrogen-bond donors (Lipinski definition) is 1. The van der Waals surface area contributed by atoms with Gasteiger partial charge < -0.3 is 5.73 Å². The van der Waals surface area contributed by atoms with Crippen molar-refractivity contribution >= 4 is 0 Å². The third-order valence-electron chi connectivity index (χ3n) is 4.88. The zero-order valence-electron chi connectivity index (χ0n) is 14.7. The summed E-state index contributed by atoms with van der Waals surface area (Å²) in [6, 6.07) is 32.5. The quantitative estimate of drug-likeness (QED) is 0.575. The van der Waals surface area contributed by atoms with E-state index in [1.807, 2.05) is 0 Å². The fourth-order valence-corrected chi connectivity index (χ4v) is 3.42. The molecular weight excluding hydrogens is 302 g/mol. The van der Waals surface area contributed by atoms with Crippen LogP contribution < -0.4 is 5.73 Å². The van der Waals surface area contributed by atoms with Crippen LogP contribution in [-0.2, 0) is 6.42 Å². The van der Waals surface area contributed by atoms with E-state index >= 15 is 0 Å². The average Bonchev–Trinajstić information content (AvgIpc) is 2.69. The van der Waals surface area contributed by atoms with Gasteiger partial charge in [0.05, 0.1) is 0 Å². The first-order valence-electron chi connectivity index (χ1n) is 9.22. The molecule has 3 rings (SSSR count). The van der Waals surface area contributed by atoms with Gasteiger partial charge in [-0.15, -0.1) is 0 Å². The van der Waals surface area contributed by atoms with E-state index in [-0.39, 0.29) is 6.04 Å². The molecule has 0 aliphatic heterocycles. The van der Waals surface area contributed by atoms with Crippen LogP contribution in [0.5, 0.6) is 0 Å². The third kappa shape index (κ3) is 5.30. The maximum Gasteiger partial charge on any atom is 0.00899 e. The number of rotatable bonds is 8. The first-order chi connectivity index (χ1) is 12.3. The lowest BCUT2D eigenvalue weighted by Gasteiger charge is -2.20. The first kappa shape index (κ1) is 17.4. The van der Waals surface area contributed by atoms with E-state index in [1.165, 1.54) is 16.7 Å². The molecule has 1 atom stereocenters. The molecule has 0 aliphatic carbocycles. The van der Waals surface area contributed by atoms with E-state index in [9.17, 15) is 0 Å². The van der Waals surface area contributed by atoms with Gasteiger partial charge in [-0.3, -0.25) is 0 Å². The Kier molecular flexibility index (Phi) is 6.42. The molecule has 1 unspecified atom stereocenters. The lowest BCUT2D eigenvalue weighted by molar-refractivity contribution is 0.525. The van der Waals surface area contributed by atoms with Gasteiger partial charge in [-0.1, -0.05) is 91.0 Å². The summed E-state index contributed by atoms with van der Waals surface area (Å²) < 4.78 is 0. The Bertz CT molecular complexity index is 682. The van der Waals surface area contributed by atoms with E-state index in [2.05, 4.69) is 91.0 Å². The van der Waals surface area contributed by atoms with E-state index in [4.69, 9.17) is 5.73 Å². The van der Waals surface area contributed by atoms with Gasteiger partial charge in [0.2, 0.25) is 0 Å². The summed E-state index contributed by atoms with van der Waals surface area (Å²) in [4.78, 5) is 0. The van der Waals surface area contributed by atoms with Gasteiger partial charge in [-0.2, -0.15) is 0 Å². The molecule has 2 N–H and O–H groups in total. The molecule has 25 heavy (non-hydrogen) atoms. The van der Waals surface area contributed by atoms with Gasteiger partial charge in [-0.25, -0.2) is 0 Å². The van der Waals surface area contributed by atoms with Gasteiger partial charge in [0, 0.05) is 12.0 Å². The highest BCUT2D eigenvalue weighted by Crippen LogP contribution is 2.29. The van der Waals surface area contributed by atoms with Crippen LogP contribution in [0.1, 0.15) is 41.9 Å². The smallest absolute Gasteiger partial charge is 0.00899 e. The molecule has 1 nitrogen and oxygen atoms in total. The largest absolute Gasteiger partial charge is 0.328 e. The number of nitrogens with two attached hydrogens (primary N) is 1. The fourth-order valence-electron chi connectivity index (χ4n) is 3.42. The Hall–Kier alpha value is -2.38. The standard InChI is InChI=1S/C24H27N/c25-23(17-16-20-10-4-1-5-11-20)18-19-24(21-12-6-2-7-13-21)22-14-8-3-9-15-22/h1-15,23-24H,16-19,25H2. The molecule has 0 aliphatic rings. The van der Waals surface area contributed by atoms with Crippen molar-refractivity contribution < 1.29 is 0 Å². The maximum atomic E-state index is 6.43. The molecule has 0 radical (unpaired) electrons. The molecule has 0 saturated heterocycles. The molecule has 0 heterocycles. The summed E-state index contributed by atoms with van der Waals surface area (Å²) in [5.41, 5.74) is 10.6. The van der Waals surface area contributed by atoms with Gasteiger partial charge in [-0.05, 0) is 42.4 Å². The lowest BCUT2D eigenvalue weighted by Crippen LogP contribution is -2.21. The highest BCUT2D eigenvalue weighted by atomic mass is 14.6. The molecule has 1 heteroatoms. The Morgan fingerprint density at radius 1 is 0.560 bits per heavy atom. The van der Waals surface area contributed by atoms with Crippen LogP contribution in [0, 0.1) is 0 Å². The lowest BCUT2D eigenvalue weighted by atomic mass is 9.86. The van der Waals surface area contributed by atoms with Crippen molar-refractivity contribution in [2.24, 2.45) is 5.73 Å². The summed E-state index contributed by atoms with van der Waals surface area (Å²) in [6.45, 7) is 0. The average molecular weight is 329 g/mol. The normalized spacial score (nSPS) is 12.2. The Morgan fingerprint density at radius 3 is 1.56 bits per heavy atom. The molecule has 3 aromatic rings. The fraction of sp³-hybridized carbons (Fsp3) is 0.250. The van der Waals surface area contributed by atoms with Crippen LogP contribution in [0.2, 0.25) is 0 Å². The van der Waals surface area contributed by atoms with Gasteiger partial charge >= 0.3 is 0 Å². The summed E-state index contributed by atoms with van der Waals surface area (Å²) in [7, 11) is 0. The van der Waals surface area contributed by atoms with Crippen molar-refractivity contribution in [1.82, 2.24) is 0 Å². The molecule has 0 spiro atoms. The zero-order chi connectivity index (χ0) is 17.3. The third-order valence-corrected chi connectivity index (χ3v) is 4.88. The Balaban J connectivity index is 1.61. The minimum absolute atomic E-state index is 0.245. The van der Waals surface area contributed by atoms with Crippen molar-refractivity contribution in [2.75, 3.05) is 0 Å². The summed E-state index contributed by atoms with van der Waals surface area (Å²) in [5, 5.41) is 0. The van der Waals surface area contributed by atoms with Crippen LogP contribution in [0.25, 0.3) is 0 Å². The van der Waals surface area contributed by atoms with Gasteiger partial charge in [0.1, 0.15) is 0 Å². The van der Waals surface area contributed by atoms with Gasteiger partial charge in [0.15, 0.2) is 0 Å². The summed E-state index contributed by atoms with van der Waals surface area (Å²) >= 11 is 0. The topological polar surface area (TPSA) is 26.0 Å². The number of benzene rings is 3. The summed E-state index contributed by atoms with van der Waals surface area (Å²) in [5.74, 6) is 0.421. The van der Waals surface area contributed by atoms with E-state index in [1.54, 1.807) is 0 Å². The Labute approximate surface area is 151 Å². The van der Waals surface area contributed by atoms with Gasteiger partial charge in [0.25, 0.3) is 0 Å². The summed E-state index contributed by atoms with van der Waals surface area (Å²) in [6.07, 6.45) is 4.23. The second kappa shape index (κ2) is 9.19. The highest BCUT2D eigenvalue weighted by Gasteiger charge is 2.15. The minimum atomic E-state index is 0.245. The molecule has 0 amide bonds. The van der Waals surface area contributed by atoms with Crippen molar-refractivity contribution in [3.63, 3.8) is 0 Å². The van der Waals surface area contributed by atoms with Crippen molar-refractivity contribution in [2.45, 2.75) is 37.6 Å². The van der Waals surface area contributed by atoms with Crippen LogP contribution >= 0.6 is 0 Å². The molecular formula is C24H27N. The van der Waals surface area contributed by atoms with Crippen LogP contribution in [0.15, 0.2) is 91.0 Å². The number of hydrogen-bond acceptors (Lipinski definition) is 1. The number of aryl methyl sites for hydroxylation is 1. The second-order valence-electron chi connectivity index (χ2n) is 6.74. The minimum Gasteiger partial charge on any atom is -0.328 e. The highest BCUT2D eigenvalue weighted by molar-refractivity contribution is 5.32. The second-order valence-corrected chi connectivity index (χ2v) is 6.74. The molecule has 0 saturated carbocycles. The molecule has 0 fully saturated rings. The molecule has 128 valence electrons. The van der Waals surface area contributed by atoms with Crippen molar-refractivity contribution in [3.8, 4) is 0 Å². The van der Waals surface area contributed by atoms with E-state index in [0.29, 0.717) is 5.92 Å². The Morgan fingerprint density at radius 2 is 1.04 bits per heavy atom. The molecule has 0 aromatic heterocycles. The van der Waals surface area contributed by atoms with E-state index in [0.717, 1.165) is 25.7 Å². The predicted molar refractivity (Wildman–Crippen MR) is 107 cm³/mol. The van der Waals surface area contributed by atoms with Crippen molar-refractivity contribution in [1.29, 1.82) is 0 Å². The van der Waals surface area contributed by atoms with Crippen molar-refractivity contribution in [3.05, 3.63) is 108 Å². The SMILES string of the molecule is NC(CCc1ccccc1)CCC(c1ccccc1)c1ccccc1. The monoisotopic (exact) mass is 329 g/mol. The van der Waals surface area contributed by atoms with Crippen LogP contribution in [-0.4, -0.2) is 6.04 Å². The molecule has 0 bridgehead atoms. The van der Waals surface area contributed by atoms with E-state index < -0.39 is 0 Å². The first-order valence-corrected chi connectivity index (χ1v) is 9.22. The maximum absolute atomic E-state index is 6.43. The molecule has 3 aromatic carbocycles.